The highest BCUT2D eigenvalue weighted by Crippen LogP contribution is 2.45. The van der Waals surface area contributed by atoms with Crippen LogP contribution in [0.4, 0.5) is 0 Å². The van der Waals surface area contributed by atoms with Crippen LogP contribution in [0.15, 0.2) is 36.4 Å². The average Bonchev–Trinajstić information content (AvgIpc) is 2.66. The molecule has 0 radical (unpaired) electrons. The summed E-state index contributed by atoms with van der Waals surface area (Å²) in [6.07, 6.45) is -1.99. The lowest BCUT2D eigenvalue weighted by molar-refractivity contribution is -0.0870. The summed E-state index contributed by atoms with van der Waals surface area (Å²) in [5, 5.41) is 10.8. The number of aliphatic hydroxyl groups excluding tert-OH is 1. The van der Waals surface area contributed by atoms with Crippen LogP contribution in [0.2, 0.25) is 0 Å². The fraction of sp³-hybridized carbons (Fsp3) is 0.368. The third kappa shape index (κ3) is 3.10. The standard InChI is InChI=1S/C19H22O6/c1-21-12-6-7-13-15(10-12)25-18(17(20)19(13)24-4)11-5-8-14(22-2)16(9-11)23-3/h5-10,17-20H,1-4H3/t17-,18-,19-/m0/s1. The number of hydrogen-bond donors (Lipinski definition) is 1. The molecule has 134 valence electrons. The van der Waals surface area contributed by atoms with E-state index in [0.29, 0.717) is 23.0 Å². The first kappa shape index (κ1) is 17.4. The first-order valence-electron chi connectivity index (χ1n) is 7.90. The van der Waals surface area contributed by atoms with E-state index in [2.05, 4.69) is 0 Å². The summed E-state index contributed by atoms with van der Waals surface area (Å²) in [6.45, 7) is 0. The summed E-state index contributed by atoms with van der Waals surface area (Å²) >= 11 is 0. The molecule has 25 heavy (non-hydrogen) atoms. The largest absolute Gasteiger partial charge is 0.497 e. The van der Waals surface area contributed by atoms with E-state index in [4.69, 9.17) is 23.7 Å². The molecule has 1 aliphatic heterocycles. The van der Waals surface area contributed by atoms with Crippen LogP contribution >= 0.6 is 0 Å². The monoisotopic (exact) mass is 346 g/mol. The van der Waals surface area contributed by atoms with Crippen molar-refractivity contribution in [2.24, 2.45) is 0 Å². The van der Waals surface area contributed by atoms with E-state index in [9.17, 15) is 5.11 Å². The Bertz CT molecular complexity index is 745. The van der Waals surface area contributed by atoms with Crippen LogP contribution in [0, 0.1) is 0 Å². The van der Waals surface area contributed by atoms with Crippen LogP contribution in [0.1, 0.15) is 23.3 Å². The van der Waals surface area contributed by atoms with Gasteiger partial charge in [0, 0.05) is 18.7 Å². The van der Waals surface area contributed by atoms with E-state index >= 15 is 0 Å². The predicted octanol–water partition coefficient (Wildman–Crippen LogP) is 2.89. The van der Waals surface area contributed by atoms with Crippen molar-refractivity contribution in [2.75, 3.05) is 28.4 Å². The van der Waals surface area contributed by atoms with Gasteiger partial charge in [0.25, 0.3) is 0 Å². The Morgan fingerprint density at radius 1 is 0.880 bits per heavy atom. The Labute approximate surface area is 146 Å². The van der Waals surface area contributed by atoms with Crippen LogP contribution < -0.4 is 18.9 Å². The number of fused-ring (bicyclic) bond motifs is 1. The number of hydrogen-bond acceptors (Lipinski definition) is 6. The van der Waals surface area contributed by atoms with Gasteiger partial charge in [-0.05, 0) is 29.8 Å². The second-order valence-corrected chi connectivity index (χ2v) is 5.70. The van der Waals surface area contributed by atoms with Gasteiger partial charge in [-0.15, -0.1) is 0 Å². The lowest BCUT2D eigenvalue weighted by Crippen LogP contribution is -2.35. The molecule has 1 aliphatic rings. The summed E-state index contributed by atoms with van der Waals surface area (Å²) in [5.74, 6) is 2.48. The van der Waals surface area contributed by atoms with E-state index in [1.54, 1.807) is 46.6 Å². The molecule has 0 saturated carbocycles. The van der Waals surface area contributed by atoms with Gasteiger partial charge in [-0.3, -0.25) is 0 Å². The molecule has 0 fully saturated rings. The Kier molecular flexibility index (Phi) is 5.01. The van der Waals surface area contributed by atoms with Crippen LogP contribution in [0.3, 0.4) is 0 Å². The minimum atomic E-state index is -0.871. The molecule has 3 rings (SSSR count). The van der Waals surface area contributed by atoms with Gasteiger partial charge in [0.1, 0.15) is 23.7 Å². The maximum Gasteiger partial charge on any atom is 0.161 e. The molecule has 2 aromatic rings. The molecular weight excluding hydrogens is 324 g/mol. The Morgan fingerprint density at radius 2 is 1.64 bits per heavy atom. The number of rotatable bonds is 5. The molecule has 2 aromatic carbocycles. The number of methoxy groups -OCH3 is 4. The van der Waals surface area contributed by atoms with Crippen molar-refractivity contribution in [2.45, 2.75) is 18.3 Å². The van der Waals surface area contributed by atoms with E-state index < -0.39 is 18.3 Å². The van der Waals surface area contributed by atoms with Crippen molar-refractivity contribution in [3.05, 3.63) is 47.5 Å². The Morgan fingerprint density at radius 3 is 2.28 bits per heavy atom. The molecule has 0 aromatic heterocycles. The lowest BCUT2D eigenvalue weighted by Gasteiger charge is -2.36. The number of benzene rings is 2. The maximum absolute atomic E-state index is 10.8. The molecule has 3 atom stereocenters. The molecule has 1 heterocycles. The van der Waals surface area contributed by atoms with Crippen molar-refractivity contribution in [3.63, 3.8) is 0 Å². The van der Waals surface area contributed by atoms with Gasteiger partial charge in [0.15, 0.2) is 17.6 Å². The minimum absolute atomic E-state index is 0.507. The molecule has 0 aliphatic carbocycles. The van der Waals surface area contributed by atoms with Gasteiger partial charge in [-0.2, -0.15) is 0 Å². The van der Waals surface area contributed by atoms with Crippen LogP contribution in [-0.4, -0.2) is 39.6 Å². The van der Waals surface area contributed by atoms with Gasteiger partial charge in [0.05, 0.1) is 21.3 Å². The van der Waals surface area contributed by atoms with Gasteiger partial charge in [-0.25, -0.2) is 0 Å². The van der Waals surface area contributed by atoms with Crippen molar-refractivity contribution in [3.8, 4) is 23.0 Å². The normalized spacial score (nSPS) is 21.9. The minimum Gasteiger partial charge on any atom is -0.497 e. The smallest absolute Gasteiger partial charge is 0.161 e. The van der Waals surface area contributed by atoms with Crippen molar-refractivity contribution >= 4 is 0 Å². The fourth-order valence-electron chi connectivity index (χ4n) is 3.09. The molecular formula is C19H22O6. The lowest BCUT2D eigenvalue weighted by atomic mass is 9.92. The zero-order valence-electron chi connectivity index (χ0n) is 14.7. The third-order valence-electron chi connectivity index (χ3n) is 4.39. The molecule has 0 spiro atoms. The highest BCUT2D eigenvalue weighted by atomic mass is 16.5. The SMILES string of the molecule is COc1ccc2c(c1)O[C@@H](c1ccc(OC)c(OC)c1)[C@H](O)[C@H]2OC. The van der Waals surface area contributed by atoms with E-state index in [1.165, 1.54) is 0 Å². The highest BCUT2D eigenvalue weighted by molar-refractivity contribution is 5.47. The number of ether oxygens (including phenoxy) is 5. The van der Waals surface area contributed by atoms with Gasteiger partial charge in [-0.1, -0.05) is 6.07 Å². The Balaban J connectivity index is 2.02. The van der Waals surface area contributed by atoms with Crippen LogP contribution in [0.25, 0.3) is 0 Å². The Hall–Kier alpha value is -2.44. The first-order chi connectivity index (χ1) is 12.1. The summed E-state index contributed by atoms with van der Waals surface area (Å²) in [5.41, 5.74) is 1.55. The predicted molar refractivity (Wildman–Crippen MR) is 91.7 cm³/mol. The second kappa shape index (κ2) is 7.21. The highest BCUT2D eigenvalue weighted by Gasteiger charge is 2.39. The second-order valence-electron chi connectivity index (χ2n) is 5.70. The average molecular weight is 346 g/mol. The molecule has 6 nitrogen and oxygen atoms in total. The van der Waals surface area contributed by atoms with Crippen LogP contribution in [-0.2, 0) is 4.74 Å². The number of aliphatic hydroxyl groups is 1. The third-order valence-corrected chi connectivity index (χ3v) is 4.39. The molecule has 0 unspecified atom stereocenters. The molecule has 0 saturated heterocycles. The molecule has 1 N–H and O–H groups in total. The summed E-state index contributed by atoms with van der Waals surface area (Å²) in [4.78, 5) is 0. The molecule has 6 heteroatoms. The summed E-state index contributed by atoms with van der Waals surface area (Å²) in [6, 6.07) is 10.9. The van der Waals surface area contributed by atoms with Gasteiger partial charge < -0.3 is 28.8 Å². The van der Waals surface area contributed by atoms with Crippen molar-refractivity contribution in [1.82, 2.24) is 0 Å². The fourth-order valence-corrected chi connectivity index (χ4v) is 3.09. The zero-order chi connectivity index (χ0) is 18.0. The topological polar surface area (TPSA) is 66.4 Å². The van der Waals surface area contributed by atoms with Crippen molar-refractivity contribution in [1.29, 1.82) is 0 Å². The maximum atomic E-state index is 10.8. The van der Waals surface area contributed by atoms with E-state index in [0.717, 1.165) is 11.1 Å². The van der Waals surface area contributed by atoms with E-state index in [1.807, 2.05) is 18.2 Å². The summed E-state index contributed by atoms with van der Waals surface area (Å²) in [7, 11) is 6.31. The first-order valence-corrected chi connectivity index (χ1v) is 7.90. The van der Waals surface area contributed by atoms with E-state index in [-0.39, 0.29) is 0 Å². The zero-order valence-corrected chi connectivity index (χ0v) is 14.7. The van der Waals surface area contributed by atoms with Gasteiger partial charge >= 0.3 is 0 Å². The van der Waals surface area contributed by atoms with Crippen LogP contribution in [0.5, 0.6) is 23.0 Å². The molecule has 0 amide bonds. The quantitative estimate of drug-likeness (QED) is 0.898. The molecule has 0 bridgehead atoms. The summed E-state index contributed by atoms with van der Waals surface area (Å²) < 4.78 is 27.5. The van der Waals surface area contributed by atoms with Crippen molar-refractivity contribution < 1.29 is 28.8 Å². The van der Waals surface area contributed by atoms with Gasteiger partial charge in [0.2, 0.25) is 0 Å².